The number of carbonyl (C=O) groups excluding carboxylic acids is 2. The smallest absolute Gasteiger partial charge is 0.251 e. The van der Waals surface area contributed by atoms with Gasteiger partial charge in [-0.2, -0.15) is 0 Å². The minimum atomic E-state index is -0.127. The van der Waals surface area contributed by atoms with Gasteiger partial charge in [0.15, 0.2) is 0 Å². The molecule has 0 spiro atoms. The number of hydrogen-bond acceptors (Lipinski definition) is 4. The standard InChI is InChI=1S/C20H24N2O4/c1-25-17-9-5-10-18(15-17)26-14-13-21-19(23)11-6-12-22-20(24)16-7-3-2-4-8-16/h2-5,7-10,15H,6,11-14H2,1H3,(H,21,23)(H,22,24). The largest absolute Gasteiger partial charge is 0.497 e. The van der Waals surface area contributed by atoms with E-state index in [0.29, 0.717) is 43.9 Å². The minimum absolute atomic E-state index is 0.0618. The van der Waals surface area contributed by atoms with Crippen LogP contribution < -0.4 is 20.1 Å². The third kappa shape index (κ3) is 6.84. The van der Waals surface area contributed by atoms with Crippen LogP contribution in [0.5, 0.6) is 11.5 Å². The summed E-state index contributed by atoms with van der Waals surface area (Å²) in [6.07, 6.45) is 0.940. The molecule has 0 atom stereocenters. The Balaban J connectivity index is 1.54. The van der Waals surface area contributed by atoms with E-state index in [2.05, 4.69) is 10.6 Å². The van der Waals surface area contributed by atoms with E-state index >= 15 is 0 Å². The number of ether oxygens (including phenoxy) is 2. The summed E-state index contributed by atoms with van der Waals surface area (Å²) in [4.78, 5) is 23.6. The first-order chi connectivity index (χ1) is 12.7. The van der Waals surface area contributed by atoms with E-state index in [0.717, 1.165) is 5.75 Å². The zero-order valence-corrected chi connectivity index (χ0v) is 14.9. The summed E-state index contributed by atoms with van der Waals surface area (Å²) in [5, 5.41) is 5.59. The predicted molar refractivity (Wildman–Crippen MR) is 99.5 cm³/mol. The molecule has 26 heavy (non-hydrogen) atoms. The number of amides is 2. The third-order valence-corrected chi connectivity index (χ3v) is 3.64. The van der Waals surface area contributed by atoms with E-state index in [9.17, 15) is 9.59 Å². The molecule has 2 N–H and O–H groups in total. The molecule has 0 radical (unpaired) electrons. The van der Waals surface area contributed by atoms with Gasteiger partial charge in [0.25, 0.3) is 5.91 Å². The van der Waals surface area contributed by atoms with E-state index in [1.165, 1.54) is 0 Å². The van der Waals surface area contributed by atoms with Crippen LogP contribution in [0.1, 0.15) is 23.2 Å². The van der Waals surface area contributed by atoms with Gasteiger partial charge in [-0.05, 0) is 30.7 Å². The summed E-state index contributed by atoms with van der Waals surface area (Å²) in [7, 11) is 1.60. The van der Waals surface area contributed by atoms with Gasteiger partial charge in [-0.1, -0.05) is 24.3 Å². The molecule has 0 aromatic heterocycles. The lowest BCUT2D eigenvalue weighted by molar-refractivity contribution is -0.121. The molecule has 0 fully saturated rings. The Morgan fingerprint density at radius 2 is 1.69 bits per heavy atom. The van der Waals surface area contributed by atoms with Crippen LogP contribution in [0.2, 0.25) is 0 Å². The molecule has 0 heterocycles. The van der Waals surface area contributed by atoms with Crippen LogP contribution in [-0.4, -0.2) is 38.6 Å². The average molecular weight is 356 g/mol. The summed E-state index contributed by atoms with van der Waals surface area (Å²) < 4.78 is 10.7. The molecule has 2 aromatic carbocycles. The lowest BCUT2D eigenvalue weighted by Crippen LogP contribution is -2.29. The number of hydrogen-bond donors (Lipinski definition) is 2. The maximum atomic E-state index is 11.8. The second-order valence-corrected chi connectivity index (χ2v) is 5.60. The van der Waals surface area contributed by atoms with E-state index in [1.807, 2.05) is 36.4 Å². The van der Waals surface area contributed by atoms with E-state index in [4.69, 9.17) is 9.47 Å². The molecule has 0 unspecified atom stereocenters. The number of rotatable bonds is 10. The monoisotopic (exact) mass is 356 g/mol. The van der Waals surface area contributed by atoms with Gasteiger partial charge in [0.05, 0.1) is 13.7 Å². The van der Waals surface area contributed by atoms with Crippen molar-refractivity contribution in [3.63, 3.8) is 0 Å². The topological polar surface area (TPSA) is 76.7 Å². The maximum absolute atomic E-state index is 11.8. The van der Waals surface area contributed by atoms with Crippen LogP contribution in [0.15, 0.2) is 54.6 Å². The van der Waals surface area contributed by atoms with Crippen molar-refractivity contribution in [3.05, 3.63) is 60.2 Å². The van der Waals surface area contributed by atoms with E-state index in [1.54, 1.807) is 25.3 Å². The molecule has 2 amide bonds. The Kier molecular flexibility index (Phi) is 7.99. The van der Waals surface area contributed by atoms with Crippen LogP contribution in [-0.2, 0) is 4.79 Å². The molecule has 0 bridgehead atoms. The Labute approximate surface area is 153 Å². The van der Waals surface area contributed by atoms with Gasteiger partial charge < -0.3 is 20.1 Å². The van der Waals surface area contributed by atoms with Crippen molar-refractivity contribution in [1.29, 1.82) is 0 Å². The van der Waals surface area contributed by atoms with E-state index in [-0.39, 0.29) is 11.8 Å². The first-order valence-corrected chi connectivity index (χ1v) is 8.56. The van der Waals surface area contributed by atoms with Gasteiger partial charge in [0, 0.05) is 24.6 Å². The Bertz CT molecular complexity index is 704. The van der Waals surface area contributed by atoms with Crippen molar-refractivity contribution >= 4 is 11.8 Å². The number of nitrogens with one attached hydrogen (secondary N) is 2. The molecule has 6 heteroatoms. The fraction of sp³-hybridized carbons (Fsp3) is 0.300. The molecule has 6 nitrogen and oxygen atoms in total. The molecule has 2 rings (SSSR count). The van der Waals surface area contributed by atoms with Gasteiger partial charge in [-0.3, -0.25) is 9.59 Å². The van der Waals surface area contributed by atoms with Gasteiger partial charge >= 0.3 is 0 Å². The normalized spacial score (nSPS) is 10.0. The molecule has 0 aliphatic rings. The molecular formula is C20H24N2O4. The molecule has 0 aliphatic carbocycles. The first-order valence-electron chi connectivity index (χ1n) is 8.56. The molecular weight excluding hydrogens is 332 g/mol. The Morgan fingerprint density at radius 1 is 0.923 bits per heavy atom. The van der Waals surface area contributed by atoms with Crippen LogP contribution in [0.25, 0.3) is 0 Å². The van der Waals surface area contributed by atoms with Crippen molar-refractivity contribution in [2.45, 2.75) is 12.8 Å². The highest BCUT2D eigenvalue weighted by Crippen LogP contribution is 2.18. The third-order valence-electron chi connectivity index (χ3n) is 3.64. The van der Waals surface area contributed by atoms with Crippen LogP contribution in [0.3, 0.4) is 0 Å². The summed E-state index contributed by atoms with van der Waals surface area (Å²) in [6.45, 7) is 1.26. The predicted octanol–water partition coefficient (Wildman–Crippen LogP) is 2.40. The molecule has 0 saturated heterocycles. The zero-order valence-electron chi connectivity index (χ0n) is 14.9. The minimum Gasteiger partial charge on any atom is -0.497 e. The second-order valence-electron chi connectivity index (χ2n) is 5.60. The van der Waals surface area contributed by atoms with Crippen LogP contribution >= 0.6 is 0 Å². The number of carbonyl (C=O) groups is 2. The van der Waals surface area contributed by atoms with Crippen molar-refractivity contribution in [3.8, 4) is 11.5 Å². The second kappa shape index (κ2) is 10.8. The van der Waals surface area contributed by atoms with Crippen molar-refractivity contribution in [2.75, 3.05) is 26.8 Å². The molecule has 138 valence electrons. The lowest BCUT2D eigenvalue weighted by Gasteiger charge is -2.09. The highest BCUT2D eigenvalue weighted by atomic mass is 16.5. The first kappa shape index (κ1) is 19.3. The van der Waals surface area contributed by atoms with Gasteiger partial charge in [0.2, 0.25) is 5.91 Å². The average Bonchev–Trinajstić information content (AvgIpc) is 2.69. The number of methoxy groups -OCH3 is 1. The summed E-state index contributed by atoms with van der Waals surface area (Å²) in [5.41, 5.74) is 0.617. The van der Waals surface area contributed by atoms with Crippen molar-refractivity contribution in [1.82, 2.24) is 10.6 Å². The van der Waals surface area contributed by atoms with Gasteiger partial charge in [-0.15, -0.1) is 0 Å². The highest BCUT2D eigenvalue weighted by Gasteiger charge is 2.05. The lowest BCUT2D eigenvalue weighted by atomic mass is 10.2. The van der Waals surface area contributed by atoms with Gasteiger partial charge in [0.1, 0.15) is 18.1 Å². The summed E-state index contributed by atoms with van der Waals surface area (Å²) in [5.74, 6) is 1.23. The Hall–Kier alpha value is -3.02. The van der Waals surface area contributed by atoms with Crippen molar-refractivity contribution in [2.24, 2.45) is 0 Å². The molecule has 2 aromatic rings. The van der Waals surface area contributed by atoms with Gasteiger partial charge in [-0.25, -0.2) is 0 Å². The Morgan fingerprint density at radius 3 is 2.46 bits per heavy atom. The fourth-order valence-corrected chi connectivity index (χ4v) is 2.28. The quantitative estimate of drug-likeness (QED) is 0.641. The van der Waals surface area contributed by atoms with Crippen LogP contribution in [0.4, 0.5) is 0 Å². The number of benzene rings is 2. The summed E-state index contributed by atoms with van der Waals surface area (Å²) in [6, 6.07) is 16.3. The maximum Gasteiger partial charge on any atom is 0.251 e. The fourth-order valence-electron chi connectivity index (χ4n) is 2.28. The van der Waals surface area contributed by atoms with Crippen molar-refractivity contribution < 1.29 is 19.1 Å². The van der Waals surface area contributed by atoms with E-state index < -0.39 is 0 Å². The molecule has 0 saturated carbocycles. The summed E-state index contributed by atoms with van der Waals surface area (Å²) >= 11 is 0. The zero-order chi connectivity index (χ0) is 18.6. The van der Waals surface area contributed by atoms with Crippen LogP contribution in [0, 0.1) is 0 Å². The SMILES string of the molecule is COc1cccc(OCCNC(=O)CCCNC(=O)c2ccccc2)c1. The molecule has 0 aliphatic heterocycles. The highest BCUT2D eigenvalue weighted by molar-refractivity contribution is 5.94.